The minimum absolute atomic E-state index is 0.187. The number of amides is 2. The molecule has 29 heavy (non-hydrogen) atoms. The number of benzene rings is 1. The number of aryl methyl sites for hydroxylation is 1. The Hall–Kier alpha value is -2.69. The van der Waals surface area contributed by atoms with Crippen molar-refractivity contribution in [2.75, 3.05) is 0 Å². The van der Waals surface area contributed by atoms with E-state index in [4.69, 9.17) is 5.73 Å². The van der Waals surface area contributed by atoms with Crippen molar-refractivity contribution in [3.05, 3.63) is 65.5 Å². The van der Waals surface area contributed by atoms with E-state index in [1.807, 2.05) is 49.4 Å². The Balaban J connectivity index is 1.84. The molecule has 1 aromatic heterocycles. The molecule has 0 aliphatic heterocycles. The van der Waals surface area contributed by atoms with Crippen molar-refractivity contribution in [2.45, 2.75) is 69.7 Å². The third-order valence-corrected chi connectivity index (χ3v) is 6.28. The molecule has 0 saturated heterocycles. The molecule has 1 aromatic carbocycles. The maximum Gasteiger partial charge on any atom is 0.242 e. The number of aromatic nitrogens is 1. The second-order valence-corrected chi connectivity index (χ2v) is 8.58. The van der Waals surface area contributed by atoms with E-state index >= 15 is 0 Å². The number of carbonyl (C=O) groups is 2. The van der Waals surface area contributed by atoms with Crippen molar-refractivity contribution in [3.63, 3.8) is 0 Å². The zero-order valence-corrected chi connectivity index (χ0v) is 17.4. The first-order chi connectivity index (χ1) is 13.8. The number of pyridine rings is 1. The number of nitrogens with two attached hydrogens (primary N) is 1. The Morgan fingerprint density at radius 3 is 2.41 bits per heavy atom. The number of carbonyl (C=O) groups excluding carboxylic acids is 2. The van der Waals surface area contributed by atoms with Gasteiger partial charge in [-0.2, -0.15) is 0 Å². The third kappa shape index (κ3) is 4.84. The van der Waals surface area contributed by atoms with Gasteiger partial charge in [0.05, 0.1) is 6.42 Å². The van der Waals surface area contributed by atoms with Gasteiger partial charge in [-0.15, -0.1) is 0 Å². The molecule has 0 radical (unpaired) electrons. The molecule has 1 heterocycles. The van der Waals surface area contributed by atoms with Crippen molar-refractivity contribution in [1.29, 1.82) is 0 Å². The van der Waals surface area contributed by atoms with Crippen molar-refractivity contribution in [3.8, 4) is 0 Å². The topological polar surface area (TPSA) is 85.1 Å². The van der Waals surface area contributed by atoms with E-state index in [0.29, 0.717) is 6.42 Å². The maximum absolute atomic E-state index is 12.8. The van der Waals surface area contributed by atoms with Gasteiger partial charge in [-0.3, -0.25) is 14.6 Å². The van der Waals surface area contributed by atoms with Crippen LogP contribution in [0.1, 0.15) is 62.3 Å². The molecule has 1 fully saturated rings. The summed E-state index contributed by atoms with van der Waals surface area (Å²) in [5.41, 5.74) is 7.44. The Morgan fingerprint density at radius 2 is 1.79 bits per heavy atom. The first kappa shape index (κ1) is 21.0. The number of nitrogens with zero attached hydrogens (tertiary/aromatic N) is 1. The van der Waals surface area contributed by atoms with Gasteiger partial charge in [0.15, 0.2) is 0 Å². The van der Waals surface area contributed by atoms with Gasteiger partial charge in [-0.1, -0.05) is 49.6 Å². The van der Waals surface area contributed by atoms with E-state index in [1.54, 1.807) is 13.1 Å². The molecule has 1 aliphatic rings. The van der Waals surface area contributed by atoms with Crippen LogP contribution in [-0.2, 0) is 21.4 Å². The third-order valence-electron chi connectivity index (χ3n) is 6.28. The van der Waals surface area contributed by atoms with Crippen LogP contribution in [0, 0.1) is 6.92 Å². The van der Waals surface area contributed by atoms with Crippen LogP contribution in [0.25, 0.3) is 0 Å². The van der Waals surface area contributed by atoms with Crippen LogP contribution in [0.2, 0.25) is 0 Å². The first-order valence-electron chi connectivity index (χ1n) is 10.4. The lowest BCUT2D eigenvalue weighted by Gasteiger charge is -2.42. The summed E-state index contributed by atoms with van der Waals surface area (Å²) in [6.07, 6.45) is 7.73. The quantitative estimate of drug-likeness (QED) is 0.754. The molecule has 1 atom stereocenters. The molecule has 1 saturated carbocycles. The molecule has 1 unspecified atom stereocenters. The predicted octanol–water partition coefficient (Wildman–Crippen LogP) is 3.58. The van der Waals surface area contributed by atoms with Gasteiger partial charge < -0.3 is 11.1 Å². The van der Waals surface area contributed by atoms with Crippen LogP contribution < -0.4 is 11.1 Å². The summed E-state index contributed by atoms with van der Waals surface area (Å²) >= 11 is 0. The fraction of sp³-hybridized carbons (Fsp3) is 0.458. The number of nitrogens with one attached hydrogen (secondary N) is 1. The Labute approximate surface area is 173 Å². The SMILES string of the molecule is Cc1ccccc1CC(=O)NC(C)(CC1(c2ccccn2)CCCCC1)C(N)=O. The molecule has 2 aromatic rings. The summed E-state index contributed by atoms with van der Waals surface area (Å²) < 4.78 is 0. The second kappa shape index (κ2) is 8.76. The fourth-order valence-corrected chi connectivity index (χ4v) is 4.63. The van der Waals surface area contributed by atoms with Crippen LogP contribution in [0.5, 0.6) is 0 Å². The van der Waals surface area contributed by atoms with Crippen LogP contribution in [0.3, 0.4) is 0 Å². The van der Waals surface area contributed by atoms with Crippen LogP contribution in [-0.4, -0.2) is 22.3 Å². The van der Waals surface area contributed by atoms with Crippen molar-refractivity contribution in [2.24, 2.45) is 5.73 Å². The Bertz CT molecular complexity index is 859. The van der Waals surface area contributed by atoms with E-state index < -0.39 is 11.4 Å². The van der Waals surface area contributed by atoms with Gasteiger partial charge in [-0.25, -0.2) is 0 Å². The minimum Gasteiger partial charge on any atom is -0.368 e. The zero-order valence-electron chi connectivity index (χ0n) is 17.4. The maximum atomic E-state index is 12.8. The van der Waals surface area contributed by atoms with E-state index in [-0.39, 0.29) is 17.7 Å². The Morgan fingerprint density at radius 1 is 1.10 bits per heavy atom. The standard InChI is InChI=1S/C24H31N3O2/c1-18-10-4-5-11-19(18)16-21(28)27-23(2,22(25)29)17-24(13-7-3-8-14-24)20-12-6-9-15-26-20/h4-6,9-12,15H,3,7-8,13-14,16-17H2,1-2H3,(H2,25,29)(H,27,28). The lowest BCUT2D eigenvalue weighted by molar-refractivity contribution is -0.131. The highest BCUT2D eigenvalue weighted by Crippen LogP contribution is 2.44. The van der Waals surface area contributed by atoms with Gasteiger partial charge in [0.25, 0.3) is 0 Å². The first-order valence-corrected chi connectivity index (χ1v) is 10.4. The minimum atomic E-state index is -1.13. The second-order valence-electron chi connectivity index (χ2n) is 8.58. The van der Waals surface area contributed by atoms with Crippen molar-refractivity contribution in [1.82, 2.24) is 10.3 Å². The fourth-order valence-electron chi connectivity index (χ4n) is 4.63. The average molecular weight is 394 g/mol. The molecule has 5 heteroatoms. The summed E-state index contributed by atoms with van der Waals surface area (Å²) in [5, 5.41) is 2.97. The van der Waals surface area contributed by atoms with Gasteiger partial charge >= 0.3 is 0 Å². The molecule has 3 N–H and O–H groups in total. The van der Waals surface area contributed by atoms with Gasteiger partial charge in [0.2, 0.25) is 11.8 Å². The molecule has 154 valence electrons. The Kier molecular flexibility index (Phi) is 6.36. The zero-order chi connectivity index (χ0) is 20.9. The lowest BCUT2D eigenvalue weighted by Crippen LogP contribution is -2.59. The van der Waals surface area contributed by atoms with Crippen molar-refractivity contribution >= 4 is 11.8 Å². The molecule has 0 spiro atoms. The highest BCUT2D eigenvalue weighted by Gasteiger charge is 2.45. The molecule has 0 bridgehead atoms. The smallest absolute Gasteiger partial charge is 0.242 e. The summed E-state index contributed by atoms with van der Waals surface area (Å²) in [7, 11) is 0. The highest BCUT2D eigenvalue weighted by atomic mass is 16.2. The molecule has 1 aliphatic carbocycles. The highest BCUT2D eigenvalue weighted by molar-refractivity contribution is 5.91. The normalized spacial score (nSPS) is 17.9. The molecule has 5 nitrogen and oxygen atoms in total. The van der Waals surface area contributed by atoms with Crippen molar-refractivity contribution < 1.29 is 9.59 Å². The van der Waals surface area contributed by atoms with Gasteiger partial charge in [-0.05, 0) is 56.4 Å². The van der Waals surface area contributed by atoms with Crippen LogP contribution in [0.15, 0.2) is 48.7 Å². The number of rotatable bonds is 7. The van der Waals surface area contributed by atoms with E-state index in [0.717, 1.165) is 42.5 Å². The number of primary amides is 1. The molecular weight excluding hydrogens is 362 g/mol. The number of hydrogen-bond acceptors (Lipinski definition) is 3. The lowest BCUT2D eigenvalue weighted by atomic mass is 9.65. The van der Waals surface area contributed by atoms with E-state index in [9.17, 15) is 9.59 Å². The van der Waals surface area contributed by atoms with E-state index in [1.165, 1.54) is 6.42 Å². The summed E-state index contributed by atoms with van der Waals surface area (Å²) in [6.45, 7) is 3.73. The molecular formula is C24H31N3O2. The van der Waals surface area contributed by atoms with Gasteiger partial charge in [0.1, 0.15) is 5.54 Å². The van der Waals surface area contributed by atoms with E-state index in [2.05, 4.69) is 10.3 Å². The summed E-state index contributed by atoms with van der Waals surface area (Å²) in [4.78, 5) is 30.0. The largest absolute Gasteiger partial charge is 0.368 e. The molecule has 2 amide bonds. The predicted molar refractivity (Wildman–Crippen MR) is 114 cm³/mol. The van der Waals surface area contributed by atoms with Crippen LogP contribution >= 0.6 is 0 Å². The summed E-state index contributed by atoms with van der Waals surface area (Å²) in [6, 6.07) is 13.7. The average Bonchev–Trinajstić information content (AvgIpc) is 2.71. The number of hydrogen-bond donors (Lipinski definition) is 2. The van der Waals surface area contributed by atoms with Crippen LogP contribution in [0.4, 0.5) is 0 Å². The molecule has 3 rings (SSSR count). The summed E-state index contributed by atoms with van der Waals surface area (Å²) in [5.74, 6) is -0.691. The monoisotopic (exact) mass is 393 g/mol. The van der Waals surface area contributed by atoms with Gasteiger partial charge in [0, 0.05) is 17.3 Å².